The maximum atomic E-state index is 5.39. The van der Waals surface area contributed by atoms with Crippen LogP contribution in [0.5, 0.6) is 11.5 Å². The maximum Gasteiger partial charge on any atom is 0.231 e. The number of hydrogen-bond donors (Lipinski definition) is 1. The summed E-state index contributed by atoms with van der Waals surface area (Å²) in [5.41, 5.74) is 2.58. The van der Waals surface area contributed by atoms with Crippen LogP contribution in [0.25, 0.3) is 0 Å². The first-order valence-electron chi connectivity index (χ1n) is 6.97. The van der Waals surface area contributed by atoms with E-state index in [0.29, 0.717) is 12.8 Å². The summed E-state index contributed by atoms with van der Waals surface area (Å²) in [5.74, 6) is 1.69. The molecule has 104 valence electrons. The molecule has 1 aliphatic heterocycles. The molecule has 0 aromatic heterocycles. The number of rotatable bonds is 5. The molecule has 0 aliphatic carbocycles. The summed E-state index contributed by atoms with van der Waals surface area (Å²) in [5, 5.41) is 3.54. The number of nitrogens with one attached hydrogen (secondary N) is 1. The van der Waals surface area contributed by atoms with Crippen LogP contribution in [0.2, 0.25) is 0 Å². The second kappa shape index (κ2) is 5.97. The van der Waals surface area contributed by atoms with E-state index < -0.39 is 0 Å². The second-order valence-electron chi connectivity index (χ2n) is 5.16. The van der Waals surface area contributed by atoms with Crippen molar-refractivity contribution in [2.75, 3.05) is 6.79 Å². The van der Waals surface area contributed by atoms with Crippen molar-refractivity contribution in [1.82, 2.24) is 5.32 Å². The summed E-state index contributed by atoms with van der Waals surface area (Å²) in [6, 6.07) is 17.1. The Hall–Kier alpha value is -2.00. The number of benzene rings is 2. The average molecular weight is 269 g/mol. The molecule has 0 bridgehead atoms. The third kappa shape index (κ3) is 3.11. The van der Waals surface area contributed by atoms with Crippen molar-refractivity contribution >= 4 is 0 Å². The van der Waals surface area contributed by atoms with Gasteiger partial charge >= 0.3 is 0 Å². The highest BCUT2D eigenvalue weighted by molar-refractivity contribution is 5.44. The molecule has 1 atom stereocenters. The lowest BCUT2D eigenvalue weighted by atomic mass is 10.1. The molecule has 2 aromatic carbocycles. The molecule has 0 saturated carbocycles. The van der Waals surface area contributed by atoms with Gasteiger partial charge in [-0.2, -0.15) is 0 Å². The Kier molecular flexibility index (Phi) is 3.88. The zero-order valence-electron chi connectivity index (χ0n) is 11.6. The van der Waals surface area contributed by atoms with Crippen molar-refractivity contribution < 1.29 is 9.47 Å². The molecule has 0 spiro atoms. The predicted molar refractivity (Wildman–Crippen MR) is 79.0 cm³/mol. The molecule has 2 aromatic rings. The van der Waals surface area contributed by atoms with Crippen LogP contribution in [0.15, 0.2) is 48.5 Å². The summed E-state index contributed by atoms with van der Waals surface area (Å²) in [4.78, 5) is 0. The maximum absolute atomic E-state index is 5.39. The van der Waals surface area contributed by atoms with Crippen LogP contribution in [0.1, 0.15) is 18.1 Å². The summed E-state index contributed by atoms with van der Waals surface area (Å²) in [6.07, 6.45) is 1.03. The van der Waals surface area contributed by atoms with Crippen molar-refractivity contribution in [1.29, 1.82) is 0 Å². The molecule has 1 aliphatic rings. The van der Waals surface area contributed by atoms with Gasteiger partial charge < -0.3 is 14.8 Å². The SMILES string of the molecule is CC(Cc1ccccc1)NCc1ccc2c(c1)OCO2. The summed E-state index contributed by atoms with van der Waals surface area (Å²) >= 11 is 0. The zero-order chi connectivity index (χ0) is 13.8. The van der Waals surface area contributed by atoms with Crippen LogP contribution >= 0.6 is 0 Å². The molecule has 3 nitrogen and oxygen atoms in total. The molecule has 0 saturated heterocycles. The summed E-state index contributed by atoms with van der Waals surface area (Å²) < 4.78 is 10.7. The van der Waals surface area contributed by atoms with Gasteiger partial charge in [-0.3, -0.25) is 0 Å². The zero-order valence-corrected chi connectivity index (χ0v) is 11.6. The van der Waals surface area contributed by atoms with Crippen molar-refractivity contribution in [2.24, 2.45) is 0 Å². The van der Waals surface area contributed by atoms with E-state index in [1.54, 1.807) is 0 Å². The highest BCUT2D eigenvalue weighted by Gasteiger charge is 2.13. The standard InChI is InChI=1S/C17H19NO2/c1-13(9-14-5-3-2-4-6-14)18-11-15-7-8-16-17(10-15)20-12-19-16/h2-8,10,13,18H,9,11-12H2,1H3. The number of ether oxygens (including phenoxy) is 2. The largest absolute Gasteiger partial charge is 0.454 e. The van der Waals surface area contributed by atoms with Crippen LogP contribution in [0.3, 0.4) is 0 Å². The fourth-order valence-electron chi connectivity index (χ4n) is 2.38. The Morgan fingerprint density at radius 3 is 2.65 bits per heavy atom. The van der Waals surface area contributed by atoms with Crippen molar-refractivity contribution in [3.05, 3.63) is 59.7 Å². The van der Waals surface area contributed by atoms with Gasteiger partial charge in [0.1, 0.15) is 0 Å². The minimum Gasteiger partial charge on any atom is -0.454 e. The lowest BCUT2D eigenvalue weighted by molar-refractivity contribution is 0.174. The van der Waals surface area contributed by atoms with Gasteiger partial charge in [0.25, 0.3) is 0 Å². The van der Waals surface area contributed by atoms with Crippen LogP contribution < -0.4 is 14.8 Å². The lowest BCUT2D eigenvalue weighted by Gasteiger charge is -2.14. The van der Waals surface area contributed by atoms with Crippen LogP contribution in [0.4, 0.5) is 0 Å². The molecule has 0 fully saturated rings. The third-order valence-corrected chi connectivity index (χ3v) is 3.48. The Morgan fingerprint density at radius 2 is 1.80 bits per heavy atom. The van der Waals surface area contributed by atoms with Gasteiger partial charge in [0.2, 0.25) is 6.79 Å². The van der Waals surface area contributed by atoms with E-state index >= 15 is 0 Å². The minimum absolute atomic E-state index is 0.330. The summed E-state index contributed by atoms with van der Waals surface area (Å²) in [6.45, 7) is 3.38. The van der Waals surface area contributed by atoms with Gasteiger partial charge in [0, 0.05) is 12.6 Å². The molecule has 1 N–H and O–H groups in total. The molecule has 1 heterocycles. The molecule has 3 heteroatoms. The number of fused-ring (bicyclic) bond motifs is 1. The lowest BCUT2D eigenvalue weighted by Crippen LogP contribution is -2.27. The quantitative estimate of drug-likeness (QED) is 0.904. The normalized spacial score (nSPS) is 14.2. The Balaban J connectivity index is 1.54. The van der Waals surface area contributed by atoms with Crippen molar-refractivity contribution in [3.63, 3.8) is 0 Å². The van der Waals surface area contributed by atoms with Gasteiger partial charge in [-0.1, -0.05) is 36.4 Å². The summed E-state index contributed by atoms with van der Waals surface area (Å²) in [7, 11) is 0. The Morgan fingerprint density at radius 1 is 1.00 bits per heavy atom. The third-order valence-electron chi connectivity index (χ3n) is 3.48. The van der Waals surface area contributed by atoms with Gasteiger partial charge in [-0.25, -0.2) is 0 Å². The molecule has 3 rings (SSSR count). The fourth-order valence-corrected chi connectivity index (χ4v) is 2.38. The highest BCUT2D eigenvalue weighted by Crippen LogP contribution is 2.32. The smallest absolute Gasteiger partial charge is 0.231 e. The first-order chi connectivity index (χ1) is 9.81. The molecule has 20 heavy (non-hydrogen) atoms. The van der Waals surface area contributed by atoms with E-state index in [0.717, 1.165) is 24.5 Å². The fraction of sp³-hybridized carbons (Fsp3) is 0.294. The molecular formula is C17H19NO2. The number of hydrogen-bond acceptors (Lipinski definition) is 3. The van der Waals surface area contributed by atoms with Gasteiger partial charge in [0.05, 0.1) is 0 Å². The predicted octanol–water partition coefficient (Wildman–Crippen LogP) is 3.14. The highest BCUT2D eigenvalue weighted by atomic mass is 16.7. The van der Waals surface area contributed by atoms with Gasteiger partial charge in [0.15, 0.2) is 11.5 Å². The topological polar surface area (TPSA) is 30.5 Å². The van der Waals surface area contributed by atoms with Crippen molar-refractivity contribution in [3.8, 4) is 11.5 Å². The Labute approximate surface area is 119 Å². The van der Waals surface area contributed by atoms with Crippen molar-refractivity contribution in [2.45, 2.75) is 25.9 Å². The molecular weight excluding hydrogens is 250 g/mol. The average Bonchev–Trinajstić information content (AvgIpc) is 2.93. The van der Waals surface area contributed by atoms with Gasteiger partial charge in [-0.15, -0.1) is 0 Å². The minimum atomic E-state index is 0.330. The molecule has 0 radical (unpaired) electrons. The molecule has 1 unspecified atom stereocenters. The second-order valence-corrected chi connectivity index (χ2v) is 5.16. The van der Waals surface area contributed by atoms with E-state index in [9.17, 15) is 0 Å². The molecule has 0 amide bonds. The van der Waals surface area contributed by atoms with Gasteiger partial charge in [-0.05, 0) is 36.6 Å². The van der Waals surface area contributed by atoms with E-state index in [-0.39, 0.29) is 0 Å². The van der Waals surface area contributed by atoms with Crippen LogP contribution in [0, 0.1) is 0 Å². The Bertz CT molecular complexity index is 568. The van der Waals surface area contributed by atoms with E-state index in [1.165, 1.54) is 11.1 Å². The first-order valence-corrected chi connectivity index (χ1v) is 6.97. The van der Waals surface area contributed by atoms with E-state index in [1.807, 2.05) is 18.2 Å². The van der Waals surface area contributed by atoms with E-state index in [2.05, 4.69) is 42.6 Å². The van der Waals surface area contributed by atoms with E-state index in [4.69, 9.17) is 9.47 Å². The van der Waals surface area contributed by atoms with Crippen LogP contribution in [-0.4, -0.2) is 12.8 Å². The first kappa shape index (κ1) is 13.0. The monoisotopic (exact) mass is 269 g/mol. The van der Waals surface area contributed by atoms with Crippen LogP contribution in [-0.2, 0) is 13.0 Å².